The molecular weight excluding hydrogens is 477 g/mol. The van der Waals surface area contributed by atoms with Crippen LogP contribution in [-0.2, 0) is 11.0 Å². The van der Waals surface area contributed by atoms with Crippen LogP contribution in [0, 0.1) is 12.8 Å². The molecule has 6 nitrogen and oxygen atoms in total. The molecule has 0 fully saturated rings. The van der Waals surface area contributed by atoms with Gasteiger partial charge in [0.2, 0.25) is 23.2 Å². The first-order valence-electron chi connectivity index (χ1n) is 11.2. The number of thioether (sulfide) groups is 1. The summed E-state index contributed by atoms with van der Waals surface area (Å²) in [6.07, 6.45) is -4.54. The zero-order chi connectivity index (χ0) is 25.3. The number of ether oxygens (including phenoxy) is 1. The Balaban J connectivity index is 1.82. The van der Waals surface area contributed by atoms with Gasteiger partial charge in [-0.25, -0.2) is 0 Å². The number of hydrogen-bond donors (Lipinski definition) is 0. The summed E-state index contributed by atoms with van der Waals surface area (Å²) in [5, 5.41) is 9.07. The van der Waals surface area contributed by atoms with E-state index < -0.39 is 18.0 Å². The molecular formula is C25H25F3N4O2S. The predicted octanol–water partition coefficient (Wildman–Crippen LogP) is 6.45. The first-order valence-corrected chi connectivity index (χ1v) is 12.2. The highest BCUT2D eigenvalue weighted by Crippen LogP contribution is 2.44. The molecule has 2 heterocycles. The maximum absolute atomic E-state index is 13.1. The molecule has 1 aliphatic rings. The van der Waals surface area contributed by atoms with Gasteiger partial charge in [0.05, 0.1) is 11.3 Å². The second-order valence-electron chi connectivity index (χ2n) is 8.78. The number of amides is 1. The zero-order valence-corrected chi connectivity index (χ0v) is 20.6. The Hall–Kier alpha value is -3.14. The second-order valence-corrected chi connectivity index (χ2v) is 9.84. The molecule has 35 heavy (non-hydrogen) atoms. The lowest BCUT2D eigenvalue weighted by atomic mass is 10.0. The number of alkyl halides is 3. The fraction of sp³-hybridized carbons (Fsp3) is 0.360. The fourth-order valence-electron chi connectivity index (χ4n) is 3.72. The van der Waals surface area contributed by atoms with Gasteiger partial charge in [-0.15, -0.1) is 10.2 Å². The number of fused-ring (bicyclic) bond motifs is 3. The molecule has 0 aliphatic carbocycles. The third-order valence-electron chi connectivity index (χ3n) is 5.55. The van der Waals surface area contributed by atoms with Crippen LogP contribution in [-0.4, -0.2) is 26.8 Å². The summed E-state index contributed by atoms with van der Waals surface area (Å²) >= 11 is 1.45. The minimum Gasteiger partial charge on any atom is -0.447 e. The van der Waals surface area contributed by atoms with Crippen LogP contribution in [0.1, 0.15) is 50.1 Å². The molecule has 3 aromatic rings. The van der Waals surface area contributed by atoms with Gasteiger partial charge in [-0.2, -0.15) is 18.2 Å². The molecule has 0 saturated heterocycles. The minimum absolute atomic E-state index is 0.174. The molecule has 0 N–H and O–H groups in total. The van der Waals surface area contributed by atoms with Crippen molar-refractivity contribution in [1.29, 1.82) is 0 Å². The van der Waals surface area contributed by atoms with Gasteiger partial charge >= 0.3 is 6.18 Å². The maximum Gasteiger partial charge on any atom is 0.416 e. The van der Waals surface area contributed by atoms with E-state index in [0.717, 1.165) is 29.9 Å². The highest BCUT2D eigenvalue weighted by Gasteiger charge is 2.36. The lowest BCUT2D eigenvalue weighted by molar-refractivity contribution is -0.137. The van der Waals surface area contributed by atoms with Gasteiger partial charge in [0.1, 0.15) is 0 Å². The van der Waals surface area contributed by atoms with E-state index in [2.05, 4.69) is 29.0 Å². The van der Waals surface area contributed by atoms with Gasteiger partial charge in [-0.3, -0.25) is 9.69 Å². The number of halogens is 3. The number of aryl methyl sites for hydroxylation is 1. The lowest BCUT2D eigenvalue weighted by Gasteiger charge is -2.30. The van der Waals surface area contributed by atoms with Gasteiger partial charge in [-0.1, -0.05) is 49.4 Å². The summed E-state index contributed by atoms with van der Waals surface area (Å²) < 4.78 is 45.6. The number of carbonyl (C=O) groups excluding carboxylic acids is 1. The normalized spacial score (nSPS) is 15.3. The van der Waals surface area contributed by atoms with Gasteiger partial charge in [0, 0.05) is 23.8 Å². The van der Waals surface area contributed by atoms with E-state index in [0.29, 0.717) is 33.6 Å². The second kappa shape index (κ2) is 9.85. The summed E-state index contributed by atoms with van der Waals surface area (Å²) in [6.45, 7) is 7.55. The zero-order valence-electron chi connectivity index (χ0n) is 19.8. The first-order chi connectivity index (χ1) is 16.5. The fourth-order valence-corrected chi connectivity index (χ4v) is 4.74. The molecule has 1 atom stereocenters. The smallest absolute Gasteiger partial charge is 0.416 e. The molecule has 2 aromatic carbocycles. The molecule has 1 unspecified atom stereocenters. The predicted molar refractivity (Wildman–Crippen MR) is 128 cm³/mol. The van der Waals surface area contributed by atoms with Crippen LogP contribution < -0.4 is 9.64 Å². The Morgan fingerprint density at radius 1 is 1.14 bits per heavy atom. The van der Waals surface area contributed by atoms with Crippen molar-refractivity contribution in [2.75, 3.05) is 10.7 Å². The van der Waals surface area contributed by atoms with E-state index in [-0.39, 0.29) is 11.8 Å². The monoisotopic (exact) mass is 502 g/mol. The van der Waals surface area contributed by atoms with Crippen molar-refractivity contribution < 1.29 is 22.7 Å². The van der Waals surface area contributed by atoms with Crippen LogP contribution >= 0.6 is 11.8 Å². The third kappa shape index (κ3) is 5.42. The van der Waals surface area contributed by atoms with Crippen molar-refractivity contribution in [2.45, 2.75) is 51.7 Å². The Morgan fingerprint density at radius 2 is 1.86 bits per heavy atom. The maximum atomic E-state index is 13.1. The van der Waals surface area contributed by atoms with Crippen LogP contribution in [0.5, 0.6) is 5.88 Å². The van der Waals surface area contributed by atoms with Crippen molar-refractivity contribution in [3.63, 3.8) is 0 Å². The van der Waals surface area contributed by atoms with Gasteiger partial charge in [0.15, 0.2) is 5.69 Å². The highest BCUT2D eigenvalue weighted by atomic mass is 32.2. The molecule has 0 radical (unpaired) electrons. The molecule has 4 rings (SSSR count). The lowest BCUT2D eigenvalue weighted by Crippen LogP contribution is -2.36. The van der Waals surface area contributed by atoms with E-state index in [1.807, 2.05) is 19.1 Å². The Bertz CT molecular complexity index is 1230. The van der Waals surface area contributed by atoms with Crippen molar-refractivity contribution in [3.05, 3.63) is 59.2 Å². The average Bonchev–Trinajstić information content (AvgIpc) is 2.92. The average molecular weight is 503 g/mol. The summed E-state index contributed by atoms with van der Waals surface area (Å²) in [5.74, 6) is 1.16. The molecule has 184 valence electrons. The molecule has 0 bridgehead atoms. The molecule has 10 heteroatoms. The van der Waals surface area contributed by atoms with E-state index in [1.54, 1.807) is 6.07 Å². The largest absolute Gasteiger partial charge is 0.447 e. The number of anilines is 1. The molecule has 0 spiro atoms. The van der Waals surface area contributed by atoms with Crippen LogP contribution in [0.3, 0.4) is 0 Å². The number of aromatic nitrogens is 3. The molecule has 1 aromatic heterocycles. The summed E-state index contributed by atoms with van der Waals surface area (Å²) in [4.78, 5) is 18.8. The summed E-state index contributed by atoms with van der Waals surface area (Å²) in [5.41, 5.74) is 2.03. The van der Waals surface area contributed by atoms with Gasteiger partial charge in [-0.05, 0) is 43.5 Å². The topological polar surface area (TPSA) is 68.2 Å². The van der Waals surface area contributed by atoms with Crippen LogP contribution in [0.25, 0.3) is 11.3 Å². The Morgan fingerprint density at radius 3 is 2.49 bits per heavy atom. The van der Waals surface area contributed by atoms with Gasteiger partial charge < -0.3 is 4.74 Å². The van der Waals surface area contributed by atoms with E-state index in [4.69, 9.17) is 4.74 Å². The van der Waals surface area contributed by atoms with Crippen LogP contribution in [0.4, 0.5) is 18.9 Å². The van der Waals surface area contributed by atoms with E-state index >= 15 is 0 Å². The van der Waals surface area contributed by atoms with E-state index in [1.165, 1.54) is 35.7 Å². The SMILES string of the molecule is CC(=O)N1c2ccc(C)cc2-c2nnc(SCCC(C)C)nc2OC1c1ccc(C(F)(F)F)cc1. The molecule has 1 aliphatic heterocycles. The highest BCUT2D eigenvalue weighted by molar-refractivity contribution is 7.99. The van der Waals surface area contributed by atoms with E-state index in [9.17, 15) is 18.0 Å². The van der Waals surface area contributed by atoms with Gasteiger partial charge in [0.25, 0.3) is 0 Å². The molecule has 0 saturated carbocycles. The van der Waals surface area contributed by atoms with Crippen LogP contribution in [0.15, 0.2) is 47.6 Å². The van der Waals surface area contributed by atoms with Crippen molar-refractivity contribution in [3.8, 4) is 17.1 Å². The van der Waals surface area contributed by atoms with Crippen LogP contribution in [0.2, 0.25) is 0 Å². The Kier molecular flexibility index (Phi) is 7.02. The van der Waals surface area contributed by atoms with Crippen molar-refractivity contribution in [1.82, 2.24) is 15.2 Å². The number of nitrogens with zero attached hydrogens (tertiary/aromatic N) is 4. The number of hydrogen-bond acceptors (Lipinski definition) is 6. The van der Waals surface area contributed by atoms with Crippen molar-refractivity contribution >= 4 is 23.4 Å². The third-order valence-corrected chi connectivity index (χ3v) is 6.42. The quantitative estimate of drug-likeness (QED) is 0.374. The minimum atomic E-state index is -4.47. The Labute approximate surface area is 205 Å². The number of rotatable bonds is 5. The standard InChI is InChI=1S/C25H25F3N4O2S/c1-14(2)11-12-35-24-29-22-21(30-31-24)19-13-15(3)5-10-20(19)32(16(4)33)23(34-22)17-6-8-18(9-7-17)25(26,27)28/h5-10,13-14,23H,11-12H2,1-4H3. The number of benzene rings is 2. The first kappa shape index (κ1) is 25.0. The number of carbonyl (C=O) groups is 1. The summed E-state index contributed by atoms with van der Waals surface area (Å²) in [6, 6.07) is 10.1. The summed E-state index contributed by atoms with van der Waals surface area (Å²) in [7, 11) is 0. The van der Waals surface area contributed by atoms with Crippen molar-refractivity contribution in [2.24, 2.45) is 5.92 Å². The molecule has 1 amide bonds.